The van der Waals surface area contributed by atoms with Crippen LogP contribution in [-0.2, 0) is 9.31 Å². The third-order valence-electron chi connectivity index (χ3n) is 9.74. The maximum Gasteiger partial charge on any atom is 1.00 e. The Morgan fingerprint density at radius 1 is 0.586 bits per heavy atom. The second kappa shape index (κ2) is 20.2. The van der Waals surface area contributed by atoms with Crippen LogP contribution >= 0.6 is 39.1 Å². The summed E-state index contributed by atoms with van der Waals surface area (Å²) in [6.07, 6.45) is 3.26. The first-order valence-corrected chi connectivity index (χ1v) is 19.2. The van der Waals surface area contributed by atoms with Gasteiger partial charge in [-0.05, 0) is 171 Å². The number of rotatable bonds is 4. The van der Waals surface area contributed by atoms with Gasteiger partial charge in [-0.3, -0.25) is 9.97 Å². The molecule has 6 aromatic rings. The van der Waals surface area contributed by atoms with E-state index in [0.717, 1.165) is 60.5 Å². The molecule has 0 atom stereocenters. The third-order valence-corrected chi connectivity index (χ3v) is 10.6. The maximum absolute atomic E-state index is 13.8. The van der Waals surface area contributed by atoms with Crippen LogP contribution < -0.4 is 24.3 Å². The minimum atomic E-state index is -0.621. The van der Waals surface area contributed by atoms with Gasteiger partial charge in [0.1, 0.15) is 23.3 Å². The van der Waals surface area contributed by atoms with Crippen molar-refractivity contribution in [3.05, 3.63) is 157 Å². The summed E-state index contributed by atoms with van der Waals surface area (Å²) in [5.41, 5.74) is 8.32. The van der Waals surface area contributed by atoms with Crippen LogP contribution in [0.4, 0.5) is 17.6 Å². The van der Waals surface area contributed by atoms with Crippen molar-refractivity contribution in [3.8, 4) is 33.6 Å². The van der Waals surface area contributed by atoms with Crippen molar-refractivity contribution in [1.82, 2.24) is 9.97 Å². The van der Waals surface area contributed by atoms with Gasteiger partial charge < -0.3 is 14.8 Å². The van der Waals surface area contributed by atoms with Crippen LogP contribution in [-0.4, -0.2) is 33.8 Å². The van der Waals surface area contributed by atoms with E-state index in [1.54, 1.807) is 30.6 Å². The van der Waals surface area contributed by atoms with E-state index < -0.39 is 23.3 Å². The monoisotopic (exact) mass is 888 g/mol. The van der Waals surface area contributed by atoms with Crippen LogP contribution in [0.3, 0.4) is 0 Å². The largest absolute Gasteiger partial charge is 1.00 e. The van der Waals surface area contributed by atoms with Gasteiger partial charge in [0.15, 0.2) is 0 Å². The van der Waals surface area contributed by atoms with Gasteiger partial charge in [0.05, 0.1) is 22.6 Å². The Labute approximate surface area is 368 Å². The second-order valence-electron chi connectivity index (χ2n) is 14.5. The molecular formula is C44H41BBrCl2F4LiN2O3. The molecule has 0 amide bonds. The molecule has 3 heterocycles. The van der Waals surface area contributed by atoms with Gasteiger partial charge in [0.25, 0.3) is 0 Å². The normalized spacial score (nSPS) is 13.6. The number of benzene rings is 4. The Bertz CT molecular complexity index is 2310. The van der Waals surface area contributed by atoms with E-state index in [1.165, 1.54) is 24.3 Å². The molecule has 0 unspecified atom stereocenters. The average Bonchev–Trinajstić information content (AvgIpc) is 3.31. The van der Waals surface area contributed by atoms with Crippen molar-refractivity contribution >= 4 is 51.7 Å². The first-order valence-electron chi connectivity index (χ1n) is 17.6. The summed E-state index contributed by atoms with van der Waals surface area (Å²) in [5, 5.41) is 1.45. The molecule has 1 aliphatic rings. The molecule has 7 rings (SSSR count). The fraction of sp³-hybridized carbons (Fsp3) is 0.227. The maximum atomic E-state index is 13.8. The predicted octanol–water partition coefficient (Wildman–Crippen LogP) is 9.84. The summed E-state index contributed by atoms with van der Waals surface area (Å²) in [5.74, 6) is -2.42. The van der Waals surface area contributed by atoms with E-state index in [9.17, 15) is 17.6 Å². The molecule has 0 spiro atoms. The molecule has 0 saturated carbocycles. The van der Waals surface area contributed by atoms with Crippen LogP contribution in [0, 0.1) is 51.0 Å². The van der Waals surface area contributed by atoms with Crippen LogP contribution in [0.5, 0.6) is 0 Å². The molecule has 1 saturated heterocycles. The summed E-state index contributed by atoms with van der Waals surface area (Å²) in [6, 6.07) is 21.7. The molecule has 0 bridgehead atoms. The number of hydrogen-bond donors (Lipinski definition) is 0. The van der Waals surface area contributed by atoms with Crippen LogP contribution in [0.2, 0.25) is 10.0 Å². The summed E-state index contributed by atoms with van der Waals surface area (Å²) in [7, 11) is -0.313. The number of nitrogens with zero attached hydrogens (tertiary/aromatic N) is 2. The summed E-state index contributed by atoms with van der Waals surface area (Å²) in [6.45, 7) is 16.3. The van der Waals surface area contributed by atoms with Gasteiger partial charge in [-0.2, -0.15) is 0 Å². The van der Waals surface area contributed by atoms with Gasteiger partial charge >= 0.3 is 26.0 Å². The van der Waals surface area contributed by atoms with Crippen molar-refractivity contribution in [1.29, 1.82) is 0 Å². The van der Waals surface area contributed by atoms with Gasteiger partial charge in [-0.25, -0.2) is 17.6 Å². The molecule has 5 nitrogen and oxygen atoms in total. The van der Waals surface area contributed by atoms with Gasteiger partial charge in [0, 0.05) is 55.7 Å². The molecule has 58 heavy (non-hydrogen) atoms. The smallest absolute Gasteiger partial charge is 0.870 e. The Hall–Kier alpha value is -3.50. The quantitative estimate of drug-likeness (QED) is 0.130. The number of aromatic nitrogens is 2. The zero-order valence-electron chi connectivity index (χ0n) is 33.6. The van der Waals surface area contributed by atoms with Crippen LogP contribution in [0.25, 0.3) is 33.6 Å². The standard InChI is InChI=1S/C19H14ClF2N.C14H20BClO2.C11H6BrF2N.Li.H2O/c1-11-7-14(20)8-12(2)19(11)13-3-6-18(23-10-13)16-5-4-15(21)9-17(16)22;1-9-7-11(16)8-10(2)12(9)15-17-13(3,4)14(5,6)18-15;12-7-1-4-11(15-6-7)9-3-2-8(13)5-10(9)14;;/h3-10H,1-2H3;7-8H,1-6H3;1-6H;;1H2/q;;;+1;/p-1. The average molecular weight is 890 g/mol. The fourth-order valence-corrected chi connectivity index (χ4v) is 7.14. The minimum absolute atomic E-state index is 0. The van der Waals surface area contributed by atoms with E-state index >= 15 is 0 Å². The fourth-order valence-electron chi connectivity index (χ4n) is 6.25. The summed E-state index contributed by atoms with van der Waals surface area (Å²) in [4.78, 5) is 8.35. The summed E-state index contributed by atoms with van der Waals surface area (Å²) < 4.78 is 65.8. The predicted molar refractivity (Wildman–Crippen MR) is 225 cm³/mol. The van der Waals surface area contributed by atoms with Gasteiger partial charge in [-0.1, -0.05) is 29.3 Å². The van der Waals surface area contributed by atoms with Crippen LogP contribution in [0.1, 0.15) is 49.9 Å². The number of pyridine rings is 2. The van der Waals surface area contributed by atoms with E-state index in [-0.39, 0.29) is 48.2 Å². The molecular weight excluding hydrogens is 849 g/mol. The second-order valence-corrected chi connectivity index (χ2v) is 16.3. The van der Waals surface area contributed by atoms with Crippen molar-refractivity contribution < 1.29 is 51.2 Å². The van der Waals surface area contributed by atoms with Gasteiger partial charge in [-0.15, -0.1) is 0 Å². The minimum Gasteiger partial charge on any atom is -0.870 e. The van der Waals surface area contributed by atoms with Crippen molar-refractivity contribution in [3.63, 3.8) is 0 Å². The van der Waals surface area contributed by atoms with E-state index in [1.807, 2.05) is 58.0 Å². The Kier molecular flexibility index (Phi) is 17.0. The Morgan fingerprint density at radius 3 is 1.38 bits per heavy atom. The molecule has 1 fully saturated rings. The SMILES string of the molecule is Cc1cc(Cl)cc(C)c1-c1ccc(-c2ccc(F)cc2F)nc1.Cc1cc(Cl)cc(C)c1B1OC(C)(C)C(C)(C)O1.Fc1ccc(-c2ccc(Br)cn2)c(F)c1.[Li+].[OH-]. The number of hydrogen-bond acceptors (Lipinski definition) is 5. The molecule has 1 aliphatic heterocycles. The molecule has 0 aliphatic carbocycles. The molecule has 2 aromatic heterocycles. The molecule has 1 N–H and O–H groups in total. The zero-order chi connectivity index (χ0) is 41.1. The summed E-state index contributed by atoms with van der Waals surface area (Å²) >= 11 is 15.3. The topological polar surface area (TPSA) is 74.2 Å². The zero-order valence-corrected chi connectivity index (χ0v) is 36.7. The van der Waals surface area contributed by atoms with Crippen LogP contribution in [0.15, 0.2) is 102 Å². The van der Waals surface area contributed by atoms with E-state index in [2.05, 4.69) is 53.6 Å². The van der Waals surface area contributed by atoms with Crippen molar-refractivity contribution in [2.75, 3.05) is 0 Å². The Balaban J connectivity index is 0.000000234. The van der Waals surface area contributed by atoms with E-state index in [4.69, 9.17) is 32.5 Å². The molecule has 0 radical (unpaired) electrons. The van der Waals surface area contributed by atoms with Gasteiger partial charge in [0.2, 0.25) is 0 Å². The number of halogens is 7. The van der Waals surface area contributed by atoms with Crippen molar-refractivity contribution in [2.24, 2.45) is 0 Å². The van der Waals surface area contributed by atoms with E-state index in [0.29, 0.717) is 22.0 Å². The molecule has 4 aromatic carbocycles. The first-order chi connectivity index (χ1) is 26.3. The molecule has 14 heteroatoms. The molecule has 298 valence electrons. The third kappa shape index (κ3) is 11.6. The Morgan fingerprint density at radius 2 is 1.00 bits per heavy atom. The van der Waals surface area contributed by atoms with Crippen molar-refractivity contribution in [2.45, 2.75) is 66.6 Å². The first kappa shape index (κ1) is 48.9. The number of aryl methyl sites for hydroxylation is 4.